The van der Waals surface area contributed by atoms with Gasteiger partial charge in [0, 0.05) is 12.2 Å². The first-order valence-electron chi connectivity index (χ1n) is 7.05. The Hall–Kier alpha value is -1.25. The lowest BCUT2D eigenvalue weighted by molar-refractivity contribution is 0.260. The molecule has 3 nitrogen and oxygen atoms in total. The van der Waals surface area contributed by atoms with Crippen molar-refractivity contribution in [3.63, 3.8) is 0 Å². The molecule has 1 aromatic heterocycles. The van der Waals surface area contributed by atoms with Crippen molar-refractivity contribution in [1.82, 2.24) is 4.98 Å². The molecule has 18 heavy (non-hydrogen) atoms. The predicted molar refractivity (Wildman–Crippen MR) is 75.0 cm³/mol. The van der Waals surface area contributed by atoms with Gasteiger partial charge in [0.2, 0.25) is 0 Å². The Labute approximate surface area is 110 Å². The van der Waals surface area contributed by atoms with Crippen LogP contribution in [0.3, 0.4) is 0 Å². The summed E-state index contributed by atoms with van der Waals surface area (Å²) in [4.78, 5) is 4.40. The number of ether oxygens (including phenoxy) is 1. The Morgan fingerprint density at radius 2 is 2.17 bits per heavy atom. The summed E-state index contributed by atoms with van der Waals surface area (Å²) in [5, 5.41) is 3.55. The molecule has 0 radical (unpaired) electrons. The maximum absolute atomic E-state index is 5.60. The van der Waals surface area contributed by atoms with E-state index in [1.165, 1.54) is 19.3 Å². The minimum absolute atomic E-state index is 0.533. The quantitative estimate of drug-likeness (QED) is 0.882. The number of anilines is 1. The third kappa shape index (κ3) is 3.15. The number of nitrogens with zero attached hydrogens (tertiary/aromatic N) is 1. The number of hydrogen-bond acceptors (Lipinski definition) is 3. The second-order valence-corrected chi connectivity index (χ2v) is 5.39. The summed E-state index contributed by atoms with van der Waals surface area (Å²) >= 11 is 0. The van der Waals surface area contributed by atoms with Crippen molar-refractivity contribution >= 4 is 5.82 Å². The molecule has 0 aliphatic heterocycles. The Bertz CT molecular complexity index is 381. The molecule has 1 saturated carbocycles. The van der Waals surface area contributed by atoms with E-state index in [1.807, 2.05) is 25.3 Å². The summed E-state index contributed by atoms with van der Waals surface area (Å²) in [6, 6.07) is 4.43. The average Bonchev–Trinajstić information content (AvgIpc) is 2.37. The van der Waals surface area contributed by atoms with Gasteiger partial charge in [-0.25, -0.2) is 4.98 Å². The number of aromatic nitrogens is 1. The zero-order valence-corrected chi connectivity index (χ0v) is 11.6. The van der Waals surface area contributed by atoms with E-state index in [2.05, 4.69) is 24.1 Å². The van der Waals surface area contributed by atoms with Crippen LogP contribution in [-0.4, -0.2) is 17.6 Å². The molecule has 1 N–H and O–H groups in total. The van der Waals surface area contributed by atoms with Gasteiger partial charge >= 0.3 is 0 Å². The highest BCUT2D eigenvalue weighted by molar-refractivity contribution is 5.50. The van der Waals surface area contributed by atoms with Gasteiger partial charge in [0.15, 0.2) is 11.6 Å². The lowest BCUT2D eigenvalue weighted by Crippen LogP contribution is -2.30. The van der Waals surface area contributed by atoms with E-state index in [0.717, 1.165) is 23.4 Å². The first kappa shape index (κ1) is 13.2. The van der Waals surface area contributed by atoms with E-state index >= 15 is 0 Å². The van der Waals surface area contributed by atoms with Gasteiger partial charge < -0.3 is 10.1 Å². The first-order valence-corrected chi connectivity index (χ1v) is 7.05. The molecular weight excluding hydrogens is 224 g/mol. The maximum atomic E-state index is 5.60. The van der Waals surface area contributed by atoms with Crippen LogP contribution in [0.4, 0.5) is 5.82 Å². The summed E-state index contributed by atoms with van der Waals surface area (Å²) in [7, 11) is 0. The lowest BCUT2D eigenvalue weighted by Gasteiger charge is -2.33. The topological polar surface area (TPSA) is 34.1 Å². The van der Waals surface area contributed by atoms with Crippen LogP contribution >= 0.6 is 0 Å². The van der Waals surface area contributed by atoms with Gasteiger partial charge in [0.05, 0.1) is 6.61 Å². The zero-order chi connectivity index (χ0) is 13.0. The molecule has 1 aromatic rings. The van der Waals surface area contributed by atoms with Crippen LogP contribution in [0.5, 0.6) is 5.75 Å². The zero-order valence-electron chi connectivity index (χ0n) is 11.6. The predicted octanol–water partition coefficient (Wildman–Crippen LogP) is 3.72. The highest BCUT2D eigenvalue weighted by atomic mass is 16.5. The summed E-state index contributed by atoms with van der Waals surface area (Å²) in [5.74, 6) is 3.39. The molecule has 0 bridgehead atoms. The second kappa shape index (κ2) is 6.07. The van der Waals surface area contributed by atoms with Gasteiger partial charge in [-0.1, -0.05) is 13.8 Å². The standard InChI is InChI=1S/C15H24N2O/c1-4-18-14-6-5-9-16-15(14)17-13-8-7-11(2)12(3)10-13/h5-6,9,11-13H,4,7-8,10H2,1-3H3,(H,16,17). The van der Waals surface area contributed by atoms with Crippen LogP contribution in [0, 0.1) is 11.8 Å². The third-order valence-electron chi connectivity index (χ3n) is 4.01. The van der Waals surface area contributed by atoms with E-state index in [-0.39, 0.29) is 0 Å². The Balaban J connectivity index is 2.01. The van der Waals surface area contributed by atoms with E-state index in [4.69, 9.17) is 4.74 Å². The number of rotatable bonds is 4. The van der Waals surface area contributed by atoms with Crippen molar-refractivity contribution in [2.45, 2.75) is 46.1 Å². The molecule has 1 aliphatic carbocycles. The van der Waals surface area contributed by atoms with Crippen molar-refractivity contribution in [3.8, 4) is 5.75 Å². The monoisotopic (exact) mass is 248 g/mol. The normalized spacial score (nSPS) is 27.8. The number of nitrogens with one attached hydrogen (secondary N) is 1. The smallest absolute Gasteiger partial charge is 0.168 e. The van der Waals surface area contributed by atoms with Crippen molar-refractivity contribution < 1.29 is 4.74 Å². The Morgan fingerprint density at radius 3 is 2.89 bits per heavy atom. The molecular formula is C15H24N2O. The lowest BCUT2D eigenvalue weighted by atomic mass is 9.79. The van der Waals surface area contributed by atoms with Gasteiger partial charge in [-0.2, -0.15) is 0 Å². The molecule has 0 saturated heterocycles. The average molecular weight is 248 g/mol. The summed E-state index contributed by atoms with van der Waals surface area (Å²) in [5.41, 5.74) is 0. The number of hydrogen-bond donors (Lipinski definition) is 1. The molecule has 0 amide bonds. The largest absolute Gasteiger partial charge is 0.490 e. The maximum Gasteiger partial charge on any atom is 0.168 e. The van der Waals surface area contributed by atoms with Crippen molar-refractivity contribution in [1.29, 1.82) is 0 Å². The van der Waals surface area contributed by atoms with E-state index in [1.54, 1.807) is 0 Å². The fourth-order valence-electron chi connectivity index (χ4n) is 2.64. The molecule has 3 heteroatoms. The fraction of sp³-hybridized carbons (Fsp3) is 0.667. The van der Waals surface area contributed by atoms with Crippen molar-refractivity contribution in [3.05, 3.63) is 18.3 Å². The SMILES string of the molecule is CCOc1cccnc1NC1CCC(C)C(C)C1. The van der Waals surface area contributed by atoms with Crippen LogP contribution in [0.2, 0.25) is 0 Å². The Morgan fingerprint density at radius 1 is 1.33 bits per heavy atom. The molecule has 1 heterocycles. The molecule has 3 unspecified atom stereocenters. The summed E-state index contributed by atoms with van der Waals surface area (Å²) in [6.45, 7) is 7.38. The van der Waals surface area contributed by atoms with Crippen molar-refractivity contribution in [2.75, 3.05) is 11.9 Å². The fourth-order valence-corrected chi connectivity index (χ4v) is 2.64. The minimum Gasteiger partial charge on any atom is -0.490 e. The van der Waals surface area contributed by atoms with E-state index in [9.17, 15) is 0 Å². The van der Waals surface area contributed by atoms with Crippen molar-refractivity contribution in [2.24, 2.45) is 11.8 Å². The van der Waals surface area contributed by atoms with Crippen LogP contribution < -0.4 is 10.1 Å². The van der Waals surface area contributed by atoms with Crippen LogP contribution in [0.15, 0.2) is 18.3 Å². The minimum atomic E-state index is 0.533. The van der Waals surface area contributed by atoms with Gasteiger partial charge in [-0.3, -0.25) is 0 Å². The van der Waals surface area contributed by atoms with E-state index < -0.39 is 0 Å². The van der Waals surface area contributed by atoms with Crippen LogP contribution in [-0.2, 0) is 0 Å². The molecule has 0 aromatic carbocycles. The van der Waals surface area contributed by atoms with Gasteiger partial charge in [-0.15, -0.1) is 0 Å². The number of pyridine rings is 1. The molecule has 2 rings (SSSR count). The molecule has 1 fully saturated rings. The molecule has 0 spiro atoms. The molecule has 1 aliphatic rings. The highest BCUT2D eigenvalue weighted by Gasteiger charge is 2.25. The summed E-state index contributed by atoms with van der Waals surface area (Å²) in [6.07, 6.45) is 5.58. The van der Waals surface area contributed by atoms with Crippen LogP contribution in [0.1, 0.15) is 40.0 Å². The summed E-state index contributed by atoms with van der Waals surface area (Å²) < 4.78 is 5.60. The highest BCUT2D eigenvalue weighted by Crippen LogP contribution is 2.32. The first-order chi connectivity index (χ1) is 8.70. The van der Waals surface area contributed by atoms with E-state index in [0.29, 0.717) is 12.6 Å². The van der Waals surface area contributed by atoms with Gasteiger partial charge in [-0.05, 0) is 50.2 Å². The van der Waals surface area contributed by atoms with Crippen LogP contribution in [0.25, 0.3) is 0 Å². The third-order valence-corrected chi connectivity index (χ3v) is 4.01. The Kier molecular flexibility index (Phi) is 4.45. The van der Waals surface area contributed by atoms with Gasteiger partial charge in [0.1, 0.15) is 0 Å². The molecule has 100 valence electrons. The molecule has 3 atom stereocenters. The second-order valence-electron chi connectivity index (χ2n) is 5.39. The van der Waals surface area contributed by atoms with Gasteiger partial charge in [0.25, 0.3) is 0 Å².